The van der Waals surface area contributed by atoms with Gasteiger partial charge in [0.2, 0.25) is 5.91 Å². The summed E-state index contributed by atoms with van der Waals surface area (Å²) in [5.74, 6) is -3.66. The molecule has 198 valence electrons. The van der Waals surface area contributed by atoms with E-state index in [1.54, 1.807) is 34.0 Å². The van der Waals surface area contributed by atoms with Crippen LogP contribution in [0.15, 0.2) is 46.7 Å². The van der Waals surface area contributed by atoms with Crippen LogP contribution in [0.3, 0.4) is 0 Å². The summed E-state index contributed by atoms with van der Waals surface area (Å²) >= 11 is 0. The second kappa shape index (κ2) is 15.9. The van der Waals surface area contributed by atoms with E-state index in [9.17, 15) is 23.5 Å². The van der Waals surface area contributed by atoms with E-state index in [1.807, 2.05) is 0 Å². The SMILES string of the molecule is C=C/C(=C\C(C)=C(/C)C(=O)NCC(C)(F)F)C(=N)/C(C)=C(\C)NC(=O)N[C@@H](CO)CNCCOC. The summed E-state index contributed by atoms with van der Waals surface area (Å²) in [4.78, 5) is 24.5. The van der Waals surface area contributed by atoms with Crippen LogP contribution >= 0.6 is 0 Å². The minimum absolute atomic E-state index is 0.0605. The van der Waals surface area contributed by atoms with Crippen molar-refractivity contribution in [1.29, 1.82) is 5.41 Å². The second-order valence-electron chi connectivity index (χ2n) is 8.16. The number of aliphatic hydroxyl groups is 1. The van der Waals surface area contributed by atoms with E-state index >= 15 is 0 Å². The number of amides is 3. The molecule has 0 bridgehead atoms. The molecule has 0 radical (unpaired) electrons. The number of methoxy groups -OCH3 is 1. The molecule has 1 atom stereocenters. The lowest BCUT2D eigenvalue weighted by atomic mass is 9.98. The van der Waals surface area contributed by atoms with Gasteiger partial charge in [-0.2, -0.15) is 0 Å². The average molecular weight is 500 g/mol. The summed E-state index contributed by atoms with van der Waals surface area (Å²) in [6.45, 7) is 11.2. The van der Waals surface area contributed by atoms with Gasteiger partial charge < -0.3 is 31.1 Å². The highest BCUT2D eigenvalue weighted by Crippen LogP contribution is 2.16. The first-order valence-corrected chi connectivity index (χ1v) is 11.1. The molecule has 0 heterocycles. The van der Waals surface area contributed by atoms with Crippen molar-refractivity contribution in [3.63, 3.8) is 0 Å². The molecule has 0 saturated heterocycles. The number of allylic oxidation sites excluding steroid dienone is 6. The molecule has 9 nitrogen and oxygen atoms in total. The monoisotopic (exact) mass is 499 g/mol. The number of nitrogens with one attached hydrogen (secondary N) is 5. The van der Waals surface area contributed by atoms with Gasteiger partial charge in [-0.05, 0) is 50.5 Å². The first-order chi connectivity index (χ1) is 16.3. The minimum Gasteiger partial charge on any atom is -0.394 e. The number of urea groups is 1. The molecule has 0 aliphatic carbocycles. The smallest absolute Gasteiger partial charge is 0.319 e. The molecule has 0 aromatic carbocycles. The van der Waals surface area contributed by atoms with Crippen LogP contribution < -0.4 is 21.3 Å². The highest BCUT2D eigenvalue weighted by molar-refractivity contribution is 6.12. The van der Waals surface area contributed by atoms with Gasteiger partial charge in [0, 0.05) is 38.4 Å². The zero-order chi connectivity index (χ0) is 27.2. The molecule has 0 aliphatic rings. The molecule has 0 fully saturated rings. The van der Waals surface area contributed by atoms with E-state index in [2.05, 4.69) is 27.8 Å². The summed E-state index contributed by atoms with van der Waals surface area (Å²) < 4.78 is 30.9. The fourth-order valence-corrected chi connectivity index (χ4v) is 2.62. The van der Waals surface area contributed by atoms with Crippen LogP contribution in [-0.2, 0) is 9.53 Å². The number of aliphatic hydroxyl groups excluding tert-OH is 1. The zero-order valence-corrected chi connectivity index (χ0v) is 21.4. The van der Waals surface area contributed by atoms with Crippen molar-refractivity contribution in [2.45, 2.75) is 46.6 Å². The molecule has 3 amide bonds. The third-order valence-electron chi connectivity index (χ3n) is 5.04. The Hall–Kier alpha value is -2.89. The zero-order valence-electron chi connectivity index (χ0n) is 21.4. The first-order valence-electron chi connectivity index (χ1n) is 11.1. The molecule has 0 aliphatic heterocycles. The summed E-state index contributed by atoms with van der Waals surface area (Å²) in [5.41, 5.74) is 2.00. The molecule has 0 aromatic rings. The van der Waals surface area contributed by atoms with Crippen LogP contribution in [0.1, 0.15) is 34.6 Å². The Balaban J connectivity index is 5.36. The summed E-state index contributed by atoms with van der Waals surface area (Å²) in [5, 5.41) is 28.5. The van der Waals surface area contributed by atoms with Crippen molar-refractivity contribution >= 4 is 17.6 Å². The molecule has 11 heteroatoms. The largest absolute Gasteiger partial charge is 0.394 e. The predicted octanol–water partition coefficient (Wildman–Crippen LogP) is 2.42. The van der Waals surface area contributed by atoms with Gasteiger partial charge in [-0.25, -0.2) is 13.6 Å². The molecule has 35 heavy (non-hydrogen) atoms. The van der Waals surface area contributed by atoms with Crippen molar-refractivity contribution in [3.05, 3.63) is 46.7 Å². The first kappa shape index (κ1) is 32.1. The minimum atomic E-state index is -3.02. The Morgan fingerprint density at radius 1 is 1.20 bits per heavy atom. The topological polar surface area (TPSA) is 136 Å². The second-order valence-corrected chi connectivity index (χ2v) is 8.16. The fourth-order valence-electron chi connectivity index (χ4n) is 2.62. The van der Waals surface area contributed by atoms with Crippen LogP contribution in [0.5, 0.6) is 0 Å². The Bertz CT molecular complexity index is 860. The van der Waals surface area contributed by atoms with E-state index in [-0.39, 0.29) is 17.9 Å². The highest BCUT2D eigenvalue weighted by Gasteiger charge is 2.22. The molecule has 0 unspecified atom stereocenters. The van der Waals surface area contributed by atoms with E-state index in [4.69, 9.17) is 10.1 Å². The lowest BCUT2D eigenvalue weighted by Crippen LogP contribution is -2.48. The van der Waals surface area contributed by atoms with Gasteiger partial charge in [0.25, 0.3) is 5.92 Å². The van der Waals surface area contributed by atoms with Gasteiger partial charge in [0.15, 0.2) is 0 Å². The van der Waals surface area contributed by atoms with Crippen LogP contribution in [0.25, 0.3) is 0 Å². The maximum absolute atomic E-state index is 13.0. The summed E-state index contributed by atoms with van der Waals surface area (Å²) in [7, 11) is 1.57. The van der Waals surface area contributed by atoms with Crippen LogP contribution in [-0.4, -0.2) is 74.7 Å². The van der Waals surface area contributed by atoms with Crippen LogP contribution in [0.2, 0.25) is 0 Å². The van der Waals surface area contributed by atoms with E-state index in [0.717, 1.165) is 0 Å². The Morgan fingerprint density at radius 2 is 1.83 bits per heavy atom. The van der Waals surface area contributed by atoms with Crippen molar-refractivity contribution in [2.24, 2.45) is 0 Å². The average Bonchev–Trinajstić information content (AvgIpc) is 2.80. The maximum atomic E-state index is 13.0. The number of ether oxygens (including phenoxy) is 1. The molecular weight excluding hydrogens is 460 g/mol. The summed E-state index contributed by atoms with van der Waals surface area (Å²) in [6, 6.07) is -1.06. The number of carbonyl (C=O) groups is 2. The third kappa shape index (κ3) is 13.0. The van der Waals surface area contributed by atoms with Gasteiger partial charge in [0.05, 0.1) is 31.5 Å². The molecule has 0 saturated carbocycles. The van der Waals surface area contributed by atoms with Gasteiger partial charge in [-0.15, -0.1) is 0 Å². The Morgan fingerprint density at radius 3 is 2.34 bits per heavy atom. The standard InChI is InChI=1S/C24H39F2N5O4/c1-8-19(11-15(2)16(3)22(33)29-14-24(6,25)26)21(27)17(4)18(5)30-23(34)31-20(13-32)12-28-9-10-35-7/h8,11,20,27-28,32H,1,9-10,12-14H2,2-7H3,(H,29,33)(H2,30,31,34)/b16-15+,18-17+,19-11+,27-21?/t20-/m1/s1. The van der Waals surface area contributed by atoms with Gasteiger partial charge >= 0.3 is 6.03 Å². The predicted molar refractivity (Wildman–Crippen MR) is 134 cm³/mol. The molecule has 6 N–H and O–H groups in total. The number of halogens is 2. The van der Waals surface area contributed by atoms with Crippen molar-refractivity contribution in [2.75, 3.05) is 40.0 Å². The lowest BCUT2D eigenvalue weighted by molar-refractivity contribution is -0.119. The number of hydrogen-bond donors (Lipinski definition) is 6. The third-order valence-corrected chi connectivity index (χ3v) is 5.04. The quantitative estimate of drug-likeness (QED) is 0.0890. The highest BCUT2D eigenvalue weighted by atomic mass is 19.3. The Labute approximate surface area is 206 Å². The van der Waals surface area contributed by atoms with E-state index in [0.29, 0.717) is 49.0 Å². The van der Waals surface area contributed by atoms with Crippen molar-refractivity contribution in [1.82, 2.24) is 21.3 Å². The van der Waals surface area contributed by atoms with Gasteiger partial charge in [-0.3, -0.25) is 10.2 Å². The van der Waals surface area contributed by atoms with Gasteiger partial charge in [-0.1, -0.05) is 12.7 Å². The van der Waals surface area contributed by atoms with E-state index < -0.39 is 30.4 Å². The molecule has 0 aromatic heterocycles. The van der Waals surface area contributed by atoms with E-state index in [1.165, 1.54) is 13.0 Å². The fraction of sp³-hybridized carbons (Fsp3) is 0.542. The molecule has 0 spiro atoms. The normalized spacial score (nSPS) is 14.4. The van der Waals surface area contributed by atoms with Crippen LogP contribution in [0.4, 0.5) is 13.6 Å². The molecular formula is C24H39F2N5O4. The lowest BCUT2D eigenvalue weighted by Gasteiger charge is -2.18. The van der Waals surface area contributed by atoms with Crippen LogP contribution in [0, 0.1) is 5.41 Å². The Kier molecular flexibility index (Phi) is 14.6. The molecule has 0 rings (SSSR count). The van der Waals surface area contributed by atoms with Crippen molar-refractivity contribution in [3.8, 4) is 0 Å². The number of hydrogen-bond acceptors (Lipinski definition) is 6. The number of rotatable bonds is 15. The number of carbonyl (C=O) groups excluding carboxylic acids is 2. The van der Waals surface area contributed by atoms with Crippen molar-refractivity contribution < 1.29 is 28.2 Å². The van der Waals surface area contributed by atoms with Gasteiger partial charge in [0.1, 0.15) is 0 Å². The number of alkyl halides is 2. The maximum Gasteiger partial charge on any atom is 0.319 e. The summed E-state index contributed by atoms with van der Waals surface area (Å²) in [6.07, 6.45) is 2.99.